The van der Waals surface area contributed by atoms with Gasteiger partial charge in [-0.05, 0) is 36.4 Å². The molecule has 2 amide bonds. The summed E-state index contributed by atoms with van der Waals surface area (Å²) in [6.45, 7) is 0.286. The van der Waals surface area contributed by atoms with Crippen LogP contribution in [0.5, 0.6) is 34.5 Å². The van der Waals surface area contributed by atoms with E-state index >= 15 is 0 Å². The minimum absolute atomic E-state index is 0.00177. The third-order valence-electron chi connectivity index (χ3n) is 6.19. The van der Waals surface area contributed by atoms with Crippen LogP contribution in [0.15, 0.2) is 54.6 Å². The quantitative estimate of drug-likeness (QED) is 0.110. The van der Waals surface area contributed by atoms with Crippen LogP contribution in [0.25, 0.3) is 0 Å². The molecule has 256 valence electrons. The van der Waals surface area contributed by atoms with Crippen molar-refractivity contribution < 1.29 is 47.5 Å². The van der Waals surface area contributed by atoms with Gasteiger partial charge >= 0.3 is 5.97 Å². The van der Waals surface area contributed by atoms with Gasteiger partial charge in [0.05, 0.1) is 25.8 Å². The van der Waals surface area contributed by atoms with Gasteiger partial charge in [0.15, 0.2) is 0 Å². The van der Waals surface area contributed by atoms with Gasteiger partial charge in [0, 0.05) is 29.3 Å². The minimum atomic E-state index is -0.619. The van der Waals surface area contributed by atoms with Crippen LogP contribution in [-0.4, -0.2) is 77.6 Å². The van der Waals surface area contributed by atoms with E-state index in [1.807, 2.05) is 0 Å². The molecule has 50 heavy (non-hydrogen) atoms. The molecule has 0 aliphatic rings. The van der Waals surface area contributed by atoms with Crippen LogP contribution in [0, 0.1) is 49.4 Å². The second-order valence-corrected chi connectivity index (χ2v) is 9.75. The Morgan fingerprint density at radius 3 is 1.10 bits per heavy atom. The number of hydrogen-bond donors (Lipinski definition) is 2. The summed E-state index contributed by atoms with van der Waals surface area (Å²) >= 11 is 0. The first kappa shape index (κ1) is 37.6. The molecule has 0 saturated carbocycles. The van der Waals surface area contributed by atoms with Gasteiger partial charge in [-0.2, -0.15) is 0 Å². The fourth-order valence-electron chi connectivity index (χ4n) is 4.08. The Bertz CT molecular complexity index is 1630. The number of ether oxygens (including phenoxy) is 7. The van der Waals surface area contributed by atoms with Crippen LogP contribution in [-0.2, 0) is 4.74 Å². The Balaban J connectivity index is 1.59. The zero-order chi connectivity index (χ0) is 36.1. The second kappa shape index (κ2) is 20.4. The third kappa shape index (κ3) is 12.4. The van der Waals surface area contributed by atoms with Crippen LogP contribution >= 0.6 is 0 Å². The van der Waals surface area contributed by atoms with Crippen molar-refractivity contribution in [3.63, 3.8) is 0 Å². The highest BCUT2D eigenvalue weighted by Gasteiger charge is 2.14. The first-order valence-corrected chi connectivity index (χ1v) is 14.9. The van der Waals surface area contributed by atoms with E-state index in [0.717, 1.165) is 0 Å². The Hall–Kier alpha value is -6.89. The van der Waals surface area contributed by atoms with Crippen molar-refractivity contribution in [1.82, 2.24) is 10.6 Å². The second-order valence-electron chi connectivity index (χ2n) is 9.75. The summed E-state index contributed by atoms with van der Waals surface area (Å²) in [5.74, 6) is 9.86. The number of benzene rings is 3. The van der Waals surface area contributed by atoms with Crippen LogP contribution < -0.4 is 39.1 Å². The molecule has 3 aromatic rings. The lowest BCUT2D eigenvalue weighted by Crippen LogP contribution is -2.28. The van der Waals surface area contributed by atoms with E-state index in [2.05, 4.69) is 34.3 Å². The van der Waals surface area contributed by atoms with Crippen LogP contribution in [0.2, 0.25) is 0 Å². The predicted molar refractivity (Wildman–Crippen MR) is 184 cm³/mol. The number of methoxy groups -OCH3 is 1. The molecule has 0 saturated heterocycles. The molecule has 0 unspecified atom stereocenters. The summed E-state index contributed by atoms with van der Waals surface area (Å²) in [6, 6.07) is 13.7. The summed E-state index contributed by atoms with van der Waals surface area (Å²) in [6.07, 6.45) is 21.1. The molecule has 12 nitrogen and oxygen atoms in total. The van der Waals surface area contributed by atoms with E-state index in [9.17, 15) is 14.4 Å². The van der Waals surface area contributed by atoms with Gasteiger partial charge in [-0.15, -0.1) is 25.7 Å². The summed E-state index contributed by atoms with van der Waals surface area (Å²) < 4.78 is 38.2. The van der Waals surface area contributed by atoms with Gasteiger partial charge < -0.3 is 43.8 Å². The lowest BCUT2D eigenvalue weighted by Gasteiger charge is -2.13. The predicted octanol–water partition coefficient (Wildman–Crippen LogP) is 3.14. The Morgan fingerprint density at radius 1 is 0.500 bits per heavy atom. The van der Waals surface area contributed by atoms with Crippen molar-refractivity contribution in [2.24, 2.45) is 0 Å². The molecule has 12 heteroatoms. The molecule has 2 N–H and O–H groups in total. The Kier molecular flexibility index (Phi) is 15.3. The number of hydrogen-bond acceptors (Lipinski definition) is 10. The third-order valence-corrected chi connectivity index (χ3v) is 6.19. The lowest BCUT2D eigenvalue weighted by molar-refractivity contribution is 0.0599. The van der Waals surface area contributed by atoms with Gasteiger partial charge in [-0.3, -0.25) is 9.59 Å². The molecule has 0 aliphatic heterocycles. The van der Waals surface area contributed by atoms with Crippen molar-refractivity contribution in [3.05, 3.63) is 71.3 Å². The summed E-state index contributed by atoms with van der Waals surface area (Å²) in [5.41, 5.74) is 0.675. The van der Waals surface area contributed by atoms with Crippen molar-refractivity contribution in [1.29, 1.82) is 0 Å². The van der Waals surface area contributed by atoms with Crippen LogP contribution in [0.1, 0.15) is 31.1 Å². The zero-order valence-corrected chi connectivity index (χ0v) is 27.2. The summed E-state index contributed by atoms with van der Waals surface area (Å²) in [5, 5.41) is 5.48. The maximum Gasteiger partial charge on any atom is 0.338 e. The smallest absolute Gasteiger partial charge is 0.338 e. The number of nitrogens with one attached hydrogen (secondary N) is 2. The summed E-state index contributed by atoms with van der Waals surface area (Å²) in [4.78, 5) is 38.0. The number of esters is 1. The molecule has 3 aromatic carbocycles. The molecule has 0 radical (unpaired) electrons. The van der Waals surface area contributed by atoms with E-state index in [4.69, 9.17) is 58.9 Å². The lowest BCUT2D eigenvalue weighted by atomic mass is 10.2. The fraction of sp³-hybridized carbons (Fsp3) is 0.237. The van der Waals surface area contributed by atoms with Gasteiger partial charge in [0.2, 0.25) is 0 Å². The SMILES string of the molecule is C#CCOc1cc(OCC#C)cc(C(=O)NCCOc2cc(OCCNC(=O)c3cc(OCC#C)cc(OCC#C)c3)cc(C(=O)OC)c2)c1. The normalized spacial score (nSPS) is 9.70. The average molecular weight is 679 g/mol. The number of rotatable bonds is 19. The molecular formula is C38H34N2O10. The summed E-state index contributed by atoms with van der Waals surface area (Å²) in [7, 11) is 1.24. The largest absolute Gasteiger partial charge is 0.492 e. The van der Waals surface area contributed by atoms with E-state index in [1.54, 1.807) is 18.2 Å². The van der Waals surface area contributed by atoms with Crippen molar-refractivity contribution in [3.8, 4) is 83.9 Å². The van der Waals surface area contributed by atoms with Crippen LogP contribution in [0.3, 0.4) is 0 Å². The monoisotopic (exact) mass is 678 g/mol. The van der Waals surface area contributed by atoms with Gasteiger partial charge in [0.1, 0.15) is 74.1 Å². The fourth-order valence-corrected chi connectivity index (χ4v) is 4.08. The molecule has 0 heterocycles. The zero-order valence-electron chi connectivity index (χ0n) is 27.2. The van der Waals surface area contributed by atoms with Crippen molar-refractivity contribution in [2.45, 2.75) is 0 Å². The number of amides is 2. The highest BCUT2D eigenvalue weighted by atomic mass is 16.5. The number of carbonyl (C=O) groups is 3. The molecule has 0 atom stereocenters. The topological polar surface area (TPSA) is 140 Å². The van der Waals surface area contributed by atoms with Crippen LogP contribution in [0.4, 0.5) is 0 Å². The van der Waals surface area contributed by atoms with Gasteiger partial charge in [-0.25, -0.2) is 4.79 Å². The molecule has 0 spiro atoms. The van der Waals surface area contributed by atoms with E-state index in [0.29, 0.717) is 23.0 Å². The first-order chi connectivity index (χ1) is 24.3. The Labute approximate surface area is 290 Å². The number of carbonyl (C=O) groups excluding carboxylic acids is 3. The molecular weight excluding hydrogens is 644 g/mol. The number of terminal acetylenes is 4. The highest BCUT2D eigenvalue weighted by Crippen LogP contribution is 2.26. The Morgan fingerprint density at radius 2 is 0.800 bits per heavy atom. The highest BCUT2D eigenvalue weighted by molar-refractivity contribution is 5.95. The maximum absolute atomic E-state index is 12.9. The first-order valence-electron chi connectivity index (χ1n) is 14.9. The average Bonchev–Trinajstić information content (AvgIpc) is 3.14. The van der Waals surface area contributed by atoms with E-state index in [-0.39, 0.29) is 80.9 Å². The van der Waals surface area contributed by atoms with Gasteiger partial charge in [0.25, 0.3) is 11.8 Å². The minimum Gasteiger partial charge on any atom is -0.492 e. The van der Waals surface area contributed by atoms with Gasteiger partial charge in [-0.1, -0.05) is 23.7 Å². The maximum atomic E-state index is 12.9. The van der Waals surface area contributed by atoms with Crippen molar-refractivity contribution in [2.75, 3.05) is 59.8 Å². The van der Waals surface area contributed by atoms with Crippen molar-refractivity contribution >= 4 is 17.8 Å². The molecule has 3 rings (SSSR count). The molecule has 0 fully saturated rings. The molecule has 0 bridgehead atoms. The van der Waals surface area contributed by atoms with E-state index in [1.165, 1.54) is 43.5 Å². The molecule has 0 aromatic heterocycles. The molecule has 0 aliphatic carbocycles. The van der Waals surface area contributed by atoms with E-state index < -0.39 is 17.8 Å². The standard InChI is InChI=1S/C38H34N2O10/c1-6-12-45-30-18-27(19-31(24-30)46-13-7-2)36(41)39-10-16-49-34-22-29(38(43)44-5)23-35(26-34)50-17-11-40-37(42)28-20-32(47-14-8-3)25-33(21-28)48-15-9-4/h1-4,18-26H,10-17H2,5H3,(H,39,41)(H,40,42).